The number of hydrogen-bond acceptors (Lipinski definition) is 4. The molecule has 0 aliphatic carbocycles. The van der Waals surface area contributed by atoms with Crippen molar-refractivity contribution in [3.8, 4) is 0 Å². The largest absolute Gasteiger partial charge is 0.381 e. The third-order valence-corrected chi connectivity index (χ3v) is 3.78. The first kappa shape index (κ1) is 13.0. The van der Waals surface area contributed by atoms with E-state index in [0.717, 1.165) is 39.1 Å². The Labute approximate surface area is 107 Å². The molecule has 0 amide bonds. The van der Waals surface area contributed by atoms with Gasteiger partial charge in [0.1, 0.15) is 0 Å². The lowest BCUT2D eigenvalue weighted by molar-refractivity contribution is -0.0613. The lowest BCUT2D eigenvalue weighted by Gasteiger charge is -2.26. The van der Waals surface area contributed by atoms with Crippen LogP contribution >= 0.6 is 11.3 Å². The van der Waals surface area contributed by atoms with Crippen molar-refractivity contribution in [3.63, 3.8) is 0 Å². The molecule has 1 atom stereocenters. The average Bonchev–Trinajstić information content (AvgIpc) is 2.83. The van der Waals surface area contributed by atoms with E-state index in [9.17, 15) is 0 Å². The monoisotopic (exact) mass is 255 g/mol. The summed E-state index contributed by atoms with van der Waals surface area (Å²) in [6.45, 7) is 5.69. The van der Waals surface area contributed by atoms with Gasteiger partial charge >= 0.3 is 0 Å². The van der Waals surface area contributed by atoms with Gasteiger partial charge in [0.25, 0.3) is 0 Å². The highest BCUT2D eigenvalue weighted by molar-refractivity contribution is 7.09. The zero-order chi connectivity index (χ0) is 11.9. The van der Waals surface area contributed by atoms with E-state index in [2.05, 4.69) is 29.8 Å². The summed E-state index contributed by atoms with van der Waals surface area (Å²) in [5, 5.41) is 5.54. The second kappa shape index (κ2) is 7.11. The molecule has 0 radical (unpaired) electrons. The Kier molecular flexibility index (Phi) is 5.45. The zero-order valence-corrected chi connectivity index (χ0v) is 11.2. The minimum atomic E-state index is 0.276. The molecular weight excluding hydrogens is 234 g/mol. The molecule has 1 N–H and O–H groups in total. The Morgan fingerprint density at radius 2 is 2.35 bits per heavy atom. The fourth-order valence-corrected chi connectivity index (χ4v) is 2.67. The topological polar surface area (TPSA) is 30.5 Å². The molecule has 1 fully saturated rings. The molecule has 0 aromatic carbocycles. The van der Waals surface area contributed by atoms with E-state index in [4.69, 9.17) is 9.47 Å². The van der Waals surface area contributed by atoms with Crippen LogP contribution in [0.1, 0.15) is 24.6 Å². The fourth-order valence-electron chi connectivity index (χ4n) is 2.00. The van der Waals surface area contributed by atoms with Crippen LogP contribution in [0.3, 0.4) is 0 Å². The molecule has 3 nitrogen and oxygen atoms in total. The summed E-state index contributed by atoms with van der Waals surface area (Å²) in [5.41, 5.74) is 0. The first-order valence-electron chi connectivity index (χ1n) is 6.31. The van der Waals surface area contributed by atoms with Gasteiger partial charge in [-0.1, -0.05) is 6.07 Å². The Bertz CT molecular complexity index is 296. The zero-order valence-electron chi connectivity index (χ0n) is 10.4. The highest BCUT2D eigenvalue weighted by Gasteiger charge is 2.16. The summed E-state index contributed by atoms with van der Waals surface area (Å²) >= 11 is 1.79. The molecule has 96 valence electrons. The molecule has 1 aromatic rings. The maximum atomic E-state index is 5.97. The Morgan fingerprint density at radius 3 is 3.06 bits per heavy atom. The van der Waals surface area contributed by atoms with Crippen molar-refractivity contribution in [3.05, 3.63) is 22.4 Å². The van der Waals surface area contributed by atoms with Gasteiger partial charge in [-0.3, -0.25) is 0 Å². The number of thiophene rings is 1. The van der Waals surface area contributed by atoms with E-state index in [1.807, 2.05) is 0 Å². The van der Waals surface area contributed by atoms with Gasteiger partial charge in [-0.15, -0.1) is 11.3 Å². The van der Waals surface area contributed by atoms with Gasteiger partial charge in [-0.05, 0) is 31.2 Å². The van der Waals surface area contributed by atoms with Gasteiger partial charge in [0.2, 0.25) is 0 Å². The maximum Gasteiger partial charge on any atom is 0.0675 e. The number of hydrogen-bond donors (Lipinski definition) is 1. The standard InChI is InChI=1S/C13H21NO2S/c1-11(16-12-4-6-15-7-5-12)9-14-10-13-3-2-8-17-13/h2-3,8,11-12,14H,4-7,9-10H2,1H3. The molecular formula is C13H21NO2S. The Balaban J connectivity index is 1.58. The summed E-state index contributed by atoms with van der Waals surface area (Å²) in [7, 11) is 0. The van der Waals surface area contributed by atoms with Crippen molar-refractivity contribution in [1.29, 1.82) is 0 Å². The average molecular weight is 255 g/mol. The van der Waals surface area contributed by atoms with Crippen LogP contribution in [0.4, 0.5) is 0 Å². The van der Waals surface area contributed by atoms with Crippen LogP contribution < -0.4 is 5.32 Å². The van der Waals surface area contributed by atoms with Crippen LogP contribution in [-0.2, 0) is 16.0 Å². The lowest BCUT2D eigenvalue weighted by Crippen LogP contribution is -2.32. The van der Waals surface area contributed by atoms with Crippen molar-refractivity contribution in [2.75, 3.05) is 19.8 Å². The van der Waals surface area contributed by atoms with E-state index in [-0.39, 0.29) is 6.10 Å². The summed E-state index contributed by atoms with van der Waals surface area (Å²) < 4.78 is 11.3. The molecule has 17 heavy (non-hydrogen) atoms. The van der Waals surface area contributed by atoms with Gasteiger partial charge in [0, 0.05) is 31.2 Å². The Morgan fingerprint density at radius 1 is 1.53 bits per heavy atom. The summed E-state index contributed by atoms with van der Waals surface area (Å²) in [4.78, 5) is 1.38. The van der Waals surface area contributed by atoms with Gasteiger partial charge in [0.05, 0.1) is 12.2 Å². The van der Waals surface area contributed by atoms with E-state index in [1.165, 1.54) is 4.88 Å². The fraction of sp³-hybridized carbons (Fsp3) is 0.692. The van der Waals surface area contributed by atoms with Gasteiger partial charge < -0.3 is 14.8 Å². The number of ether oxygens (including phenoxy) is 2. The summed E-state index contributed by atoms with van der Waals surface area (Å²) in [6.07, 6.45) is 2.74. The van der Waals surface area contributed by atoms with Crippen LogP contribution in [0.2, 0.25) is 0 Å². The van der Waals surface area contributed by atoms with Gasteiger partial charge in [-0.2, -0.15) is 0 Å². The molecule has 0 saturated carbocycles. The molecule has 1 saturated heterocycles. The van der Waals surface area contributed by atoms with Crippen LogP contribution in [0.5, 0.6) is 0 Å². The minimum Gasteiger partial charge on any atom is -0.381 e. The normalized spacial score (nSPS) is 19.4. The highest BCUT2D eigenvalue weighted by Crippen LogP contribution is 2.13. The van der Waals surface area contributed by atoms with Crippen molar-refractivity contribution < 1.29 is 9.47 Å². The first-order valence-corrected chi connectivity index (χ1v) is 7.19. The molecule has 1 aliphatic rings. The van der Waals surface area contributed by atoms with Crippen molar-refractivity contribution in [2.45, 2.75) is 38.5 Å². The molecule has 0 bridgehead atoms. The molecule has 1 unspecified atom stereocenters. The van der Waals surface area contributed by atoms with Crippen LogP contribution in [-0.4, -0.2) is 32.0 Å². The SMILES string of the molecule is CC(CNCc1cccs1)OC1CCOCC1. The maximum absolute atomic E-state index is 5.97. The molecule has 1 aliphatic heterocycles. The smallest absolute Gasteiger partial charge is 0.0675 e. The van der Waals surface area contributed by atoms with E-state index in [1.54, 1.807) is 11.3 Å². The molecule has 2 heterocycles. The predicted molar refractivity (Wildman–Crippen MR) is 70.4 cm³/mol. The second-order valence-corrected chi connectivity index (χ2v) is 5.50. The highest BCUT2D eigenvalue weighted by atomic mass is 32.1. The molecule has 4 heteroatoms. The Hall–Kier alpha value is -0.420. The second-order valence-electron chi connectivity index (χ2n) is 4.47. The quantitative estimate of drug-likeness (QED) is 0.847. The van der Waals surface area contributed by atoms with Crippen LogP contribution in [0.15, 0.2) is 17.5 Å². The number of nitrogens with one attached hydrogen (secondary N) is 1. The van der Waals surface area contributed by atoms with Gasteiger partial charge in [0.15, 0.2) is 0 Å². The van der Waals surface area contributed by atoms with E-state index < -0.39 is 0 Å². The van der Waals surface area contributed by atoms with Crippen LogP contribution in [0.25, 0.3) is 0 Å². The minimum absolute atomic E-state index is 0.276. The summed E-state index contributed by atoms with van der Waals surface area (Å²) in [6, 6.07) is 4.24. The van der Waals surface area contributed by atoms with E-state index in [0.29, 0.717) is 6.10 Å². The molecule has 1 aromatic heterocycles. The van der Waals surface area contributed by atoms with Crippen LogP contribution in [0, 0.1) is 0 Å². The summed E-state index contributed by atoms with van der Waals surface area (Å²) in [5.74, 6) is 0. The third-order valence-electron chi connectivity index (χ3n) is 2.90. The number of rotatable bonds is 6. The van der Waals surface area contributed by atoms with Crippen molar-refractivity contribution >= 4 is 11.3 Å². The predicted octanol–water partition coefficient (Wildman–Crippen LogP) is 2.42. The lowest BCUT2D eigenvalue weighted by atomic mass is 10.1. The third kappa shape index (κ3) is 4.76. The van der Waals surface area contributed by atoms with Crippen molar-refractivity contribution in [1.82, 2.24) is 5.32 Å². The van der Waals surface area contributed by atoms with Gasteiger partial charge in [-0.25, -0.2) is 0 Å². The van der Waals surface area contributed by atoms with Crippen molar-refractivity contribution in [2.24, 2.45) is 0 Å². The molecule has 2 rings (SSSR count). The van der Waals surface area contributed by atoms with E-state index >= 15 is 0 Å². The first-order chi connectivity index (χ1) is 8.34. The molecule has 0 spiro atoms.